The first-order valence-corrected chi connectivity index (χ1v) is 6.31. The summed E-state index contributed by atoms with van der Waals surface area (Å²) in [5.41, 5.74) is 0.323. The average molecular weight is 224 g/mol. The monoisotopic (exact) mass is 224 g/mol. The maximum absolute atomic E-state index is 12.5. The largest absolute Gasteiger partial charge is 0.337 e. The summed E-state index contributed by atoms with van der Waals surface area (Å²) >= 11 is 0. The van der Waals surface area contributed by atoms with Crippen LogP contribution >= 0.6 is 0 Å². The van der Waals surface area contributed by atoms with Gasteiger partial charge in [-0.1, -0.05) is 27.7 Å². The Hall–Kier alpha value is -0.570. The second-order valence-electron chi connectivity index (χ2n) is 6.46. The highest BCUT2D eigenvalue weighted by Crippen LogP contribution is 2.68. The van der Waals surface area contributed by atoms with Crippen LogP contribution in [0.25, 0.3) is 0 Å². The Balaban J connectivity index is 2.09. The van der Waals surface area contributed by atoms with E-state index in [1.54, 1.807) is 0 Å². The van der Waals surface area contributed by atoms with E-state index in [2.05, 4.69) is 44.8 Å². The van der Waals surface area contributed by atoms with Gasteiger partial charge in [-0.15, -0.1) is 0 Å². The fraction of sp³-hybridized carbons (Fsp3) is 0.923. The molecule has 0 aromatic carbocycles. The van der Waals surface area contributed by atoms with Crippen molar-refractivity contribution in [1.29, 1.82) is 0 Å². The molecular weight excluding hydrogens is 200 g/mol. The molecule has 3 heteroatoms. The lowest BCUT2D eigenvalue weighted by molar-refractivity contribution is -0.136. The summed E-state index contributed by atoms with van der Waals surface area (Å²) < 4.78 is 0. The van der Waals surface area contributed by atoms with Gasteiger partial charge < -0.3 is 10.2 Å². The first-order chi connectivity index (χ1) is 7.30. The van der Waals surface area contributed by atoms with Crippen LogP contribution in [0.1, 0.15) is 34.6 Å². The minimum absolute atomic E-state index is 0.161. The first kappa shape index (κ1) is 11.9. The predicted molar refractivity (Wildman–Crippen MR) is 65.1 cm³/mol. The molecule has 2 rings (SSSR count). The number of carbonyl (C=O) groups excluding carboxylic acids is 1. The lowest BCUT2D eigenvalue weighted by atomic mass is 10.0. The van der Waals surface area contributed by atoms with Gasteiger partial charge in [0.15, 0.2) is 0 Å². The van der Waals surface area contributed by atoms with Gasteiger partial charge in [-0.05, 0) is 17.8 Å². The second-order valence-corrected chi connectivity index (χ2v) is 6.46. The molecule has 0 spiro atoms. The molecule has 1 saturated heterocycles. The van der Waals surface area contributed by atoms with E-state index in [0.29, 0.717) is 11.9 Å². The van der Waals surface area contributed by atoms with Gasteiger partial charge in [0.1, 0.15) is 0 Å². The zero-order valence-electron chi connectivity index (χ0n) is 11.1. The third kappa shape index (κ3) is 1.48. The van der Waals surface area contributed by atoms with Gasteiger partial charge >= 0.3 is 0 Å². The normalized spacial score (nSPS) is 32.6. The van der Waals surface area contributed by atoms with E-state index < -0.39 is 0 Å². The zero-order chi connectivity index (χ0) is 12.1. The molecule has 0 radical (unpaired) electrons. The highest BCUT2D eigenvalue weighted by Gasteiger charge is 2.69. The predicted octanol–water partition coefficient (Wildman–Crippen LogP) is 1.49. The van der Waals surface area contributed by atoms with Crippen LogP contribution in [-0.4, -0.2) is 36.5 Å². The number of hydrogen-bond acceptors (Lipinski definition) is 2. The number of nitrogens with one attached hydrogen (secondary N) is 1. The van der Waals surface area contributed by atoms with E-state index in [1.165, 1.54) is 0 Å². The summed E-state index contributed by atoms with van der Waals surface area (Å²) in [6, 6.07) is 0.341. The highest BCUT2D eigenvalue weighted by atomic mass is 16.2. The molecule has 0 aromatic rings. The Morgan fingerprint density at radius 3 is 2.25 bits per heavy atom. The van der Waals surface area contributed by atoms with E-state index in [0.717, 1.165) is 19.6 Å². The lowest BCUT2D eigenvalue weighted by Crippen LogP contribution is -2.53. The standard InChI is InChI=1S/C13H24N2O/c1-9-8-14-6-7-15(9)11(16)10-12(2,3)13(10,4)5/h9-10,14H,6-8H2,1-5H3. The van der Waals surface area contributed by atoms with Gasteiger partial charge in [-0.3, -0.25) is 4.79 Å². The van der Waals surface area contributed by atoms with Crippen molar-refractivity contribution in [3.63, 3.8) is 0 Å². The molecule has 3 nitrogen and oxygen atoms in total. The first-order valence-electron chi connectivity index (χ1n) is 6.31. The van der Waals surface area contributed by atoms with Crippen LogP contribution in [0, 0.1) is 16.7 Å². The van der Waals surface area contributed by atoms with Crippen molar-refractivity contribution in [2.75, 3.05) is 19.6 Å². The van der Waals surface area contributed by atoms with Crippen molar-refractivity contribution in [2.24, 2.45) is 16.7 Å². The van der Waals surface area contributed by atoms with E-state index in [9.17, 15) is 4.79 Å². The minimum atomic E-state index is 0.161. The molecule has 2 fully saturated rings. The fourth-order valence-corrected chi connectivity index (χ4v) is 3.15. The van der Waals surface area contributed by atoms with Gasteiger partial charge in [-0.25, -0.2) is 0 Å². The molecule has 92 valence electrons. The summed E-state index contributed by atoms with van der Waals surface area (Å²) in [5, 5.41) is 3.33. The van der Waals surface area contributed by atoms with Crippen molar-refractivity contribution in [3.8, 4) is 0 Å². The molecule has 0 bridgehead atoms. The Bertz CT molecular complexity index is 295. The summed E-state index contributed by atoms with van der Waals surface area (Å²) in [6.07, 6.45) is 0. The van der Waals surface area contributed by atoms with Gasteiger partial charge in [0.05, 0.1) is 0 Å². The maximum Gasteiger partial charge on any atom is 0.227 e. The molecule has 1 aliphatic heterocycles. The molecule has 1 saturated carbocycles. The Morgan fingerprint density at radius 1 is 1.25 bits per heavy atom. The maximum atomic E-state index is 12.5. The van der Waals surface area contributed by atoms with Crippen LogP contribution in [0.2, 0.25) is 0 Å². The van der Waals surface area contributed by atoms with Crippen molar-refractivity contribution in [3.05, 3.63) is 0 Å². The lowest BCUT2D eigenvalue weighted by Gasteiger charge is -2.34. The molecule has 1 heterocycles. The number of carbonyl (C=O) groups is 1. The topological polar surface area (TPSA) is 32.3 Å². The minimum Gasteiger partial charge on any atom is -0.337 e. The van der Waals surface area contributed by atoms with Crippen molar-refractivity contribution >= 4 is 5.91 Å². The van der Waals surface area contributed by atoms with Crippen LogP contribution < -0.4 is 5.32 Å². The summed E-state index contributed by atoms with van der Waals surface area (Å²) in [7, 11) is 0. The Kier molecular flexibility index (Phi) is 2.57. The molecule has 1 unspecified atom stereocenters. The van der Waals surface area contributed by atoms with E-state index in [-0.39, 0.29) is 16.7 Å². The molecule has 1 aliphatic carbocycles. The van der Waals surface area contributed by atoms with E-state index in [1.807, 2.05) is 0 Å². The van der Waals surface area contributed by atoms with Crippen LogP contribution in [0.15, 0.2) is 0 Å². The molecule has 0 aromatic heterocycles. The van der Waals surface area contributed by atoms with Crippen LogP contribution in [-0.2, 0) is 4.79 Å². The van der Waals surface area contributed by atoms with Gasteiger partial charge in [0, 0.05) is 31.6 Å². The average Bonchev–Trinajstić information content (AvgIpc) is 2.57. The van der Waals surface area contributed by atoms with Gasteiger partial charge in [-0.2, -0.15) is 0 Å². The molecular formula is C13H24N2O. The Morgan fingerprint density at radius 2 is 1.81 bits per heavy atom. The third-order valence-electron chi connectivity index (χ3n) is 5.05. The van der Waals surface area contributed by atoms with Crippen LogP contribution in [0.4, 0.5) is 0 Å². The summed E-state index contributed by atoms with van der Waals surface area (Å²) in [5.74, 6) is 0.574. The number of hydrogen-bond donors (Lipinski definition) is 1. The number of piperazine rings is 1. The van der Waals surface area contributed by atoms with Crippen molar-refractivity contribution in [2.45, 2.75) is 40.7 Å². The molecule has 1 atom stereocenters. The van der Waals surface area contributed by atoms with Crippen LogP contribution in [0.3, 0.4) is 0 Å². The van der Waals surface area contributed by atoms with Gasteiger partial charge in [0.25, 0.3) is 0 Å². The van der Waals surface area contributed by atoms with Gasteiger partial charge in [0.2, 0.25) is 5.91 Å². The third-order valence-corrected chi connectivity index (χ3v) is 5.05. The van der Waals surface area contributed by atoms with Crippen molar-refractivity contribution in [1.82, 2.24) is 10.2 Å². The number of nitrogens with zero attached hydrogens (tertiary/aromatic N) is 1. The van der Waals surface area contributed by atoms with Crippen LogP contribution in [0.5, 0.6) is 0 Å². The van der Waals surface area contributed by atoms with Crippen molar-refractivity contribution < 1.29 is 4.79 Å². The number of rotatable bonds is 1. The summed E-state index contributed by atoms with van der Waals surface area (Å²) in [4.78, 5) is 14.6. The fourth-order valence-electron chi connectivity index (χ4n) is 3.15. The molecule has 2 aliphatic rings. The second kappa shape index (κ2) is 3.46. The molecule has 1 N–H and O–H groups in total. The summed E-state index contributed by atoms with van der Waals surface area (Å²) in [6.45, 7) is 13.7. The smallest absolute Gasteiger partial charge is 0.227 e. The SMILES string of the molecule is CC1CNCCN1C(=O)C1C(C)(C)C1(C)C. The molecule has 1 amide bonds. The molecule has 16 heavy (non-hydrogen) atoms. The zero-order valence-corrected chi connectivity index (χ0v) is 11.1. The number of amides is 1. The van der Waals surface area contributed by atoms with E-state index >= 15 is 0 Å². The van der Waals surface area contributed by atoms with E-state index in [4.69, 9.17) is 0 Å². The highest BCUT2D eigenvalue weighted by molar-refractivity contribution is 5.84. The quantitative estimate of drug-likeness (QED) is 0.732. The Labute approximate surface area is 98.6 Å².